The predicted molar refractivity (Wildman–Crippen MR) is 120 cm³/mol. The lowest BCUT2D eigenvalue weighted by atomic mass is 9.81. The minimum atomic E-state index is -0.626. The van der Waals surface area contributed by atoms with E-state index in [4.69, 9.17) is 16.5 Å². The van der Waals surface area contributed by atoms with E-state index >= 15 is 0 Å². The number of nitrogens with zero attached hydrogens (tertiary/aromatic N) is 4. The summed E-state index contributed by atoms with van der Waals surface area (Å²) in [5.41, 5.74) is 14.7. The number of nitro benzene ring substituents is 1. The van der Waals surface area contributed by atoms with Crippen molar-refractivity contribution in [2.24, 2.45) is 21.5 Å². The molecule has 0 amide bonds. The van der Waals surface area contributed by atoms with Crippen LogP contribution in [0, 0.1) is 17.0 Å². The summed E-state index contributed by atoms with van der Waals surface area (Å²) in [6.45, 7) is 10.3. The maximum Gasteiger partial charge on any atom is 0.278 e. The van der Waals surface area contributed by atoms with Crippen molar-refractivity contribution in [3.05, 3.63) is 32.9 Å². The van der Waals surface area contributed by atoms with Crippen LogP contribution in [0.4, 0.5) is 11.4 Å². The van der Waals surface area contributed by atoms with Gasteiger partial charge in [-0.1, -0.05) is 34.1 Å². The van der Waals surface area contributed by atoms with Crippen LogP contribution in [-0.2, 0) is 10.8 Å². The van der Waals surface area contributed by atoms with E-state index < -0.39 is 5.66 Å². The zero-order valence-corrected chi connectivity index (χ0v) is 18.6. The van der Waals surface area contributed by atoms with Gasteiger partial charge in [0.15, 0.2) is 0 Å². The van der Waals surface area contributed by atoms with Gasteiger partial charge in [-0.2, -0.15) is 4.99 Å². The summed E-state index contributed by atoms with van der Waals surface area (Å²) < 4.78 is 0. The molecule has 8 nitrogen and oxygen atoms in total. The Bertz CT molecular complexity index is 986. The van der Waals surface area contributed by atoms with Gasteiger partial charge in [-0.05, 0) is 61.5 Å². The molecule has 1 heterocycles. The van der Waals surface area contributed by atoms with Crippen LogP contribution in [0.3, 0.4) is 0 Å². The van der Waals surface area contributed by atoms with Gasteiger partial charge >= 0.3 is 0 Å². The Balaban J connectivity index is 2.01. The molecule has 0 radical (unpaired) electrons. The van der Waals surface area contributed by atoms with Crippen LogP contribution in [-0.4, -0.2) is 22.5 Å². The summed E-state index contributed by atoms with van der Waals surface area (Å²) in [7, 11) is 0. The van der Waals surface area contributed by atoms with Crippen molar-refractivity contribution < 1.29 is 4.92 Å². The summed E-state index contributed by atoms with van der Waals surface area (Å²) in [4.78, 5) is 23.0. The van der Waals surface area contributed by atoms with Gasteiger partial charge in [-0.15, -0.1) is 0 Å². The second-order valence-corrected chi connectivity index (χ2v) is 10.3. The van der Waals surface area contributed by atoms with Gasteiger partial charge in [0.2, 0.25) is 11.9 Å². The number of nitrogens with two attached hydrogens (primary N) is 2. The molecule has 0 saturated heterocycles. The summed E-state index contributed by atoms with van der Waals surface area (Å²) in [6, 6.07) is 2.10. The Labute approximate surface area is 177 Å². The number of fused-ring (bicyclic) bond motifs is 1. The van der Waals surface area contributed by atoms with E-state index in [9.17, 15) is 10.1 Å². The van der Waals surface area contributed by atoms with Crippen molar-refractivity contribution in [2.45, 2.75) is 89.6 Å². The van der Waals surface area contributed by atoms with Gasteiger partial charge in [0.25, 0.3) is 5.69 Å². The Morgan fingerprint density at radius 3 is 2.33 bits per heavy atom. The van der Waals surface area contributed by atoms with Gasteiger partial charge in [0.1, 0.15) is 5.66 Å². The fourth-order valence-electron chi connectivity index (χ4n) is 6.19. The van der Waals surface area contributed by atoms with Crippen LogP contribution < -0.4 is 16.4 Å². The van der Waals surface area contributed by atoms with Crippen molar-refractivity contribution in [3.8, 4) is 0 Å². The monoisotopic (exact) mass is 412 g/mol. The van der Waals surface area contributed by atoms with Crippen LogP contribution in [0.25, 0.3) is 0 Å². The third kappa shape index (κ3) is 2.87. The minimum absolute atomic E-state index is 0.181. The number of hydrogen-bond acceptors (Lipinski definition) is 7. The molecule has 1 spiro atoms. The number of anilines is 1. The molecule has 1 aliphatic heterocycles. The van der Waals surface area contributed by atoms with Crippen LogP contribution in [0.5, 0.6) is 0 Å². The third-order valence-electron chi connectivity index (χ3n) is 7.09. The number of guanidine groups is 2. The van der Waals surface area contributed by atoms with Gasteiger partial charge in [-0.3, -0.25) is 15.0 Å². The molecule has 2 aliphatic carbocycles. The third-order valence-corrected chi connectivity index (χ3v) is 7.09. The van der Waals surface area contributed by atoms with E-state index in [1.807, 2.05) is 11.8 Å². The zero-order chi connectivity index (χ0) is 22.1. The Hall–Kier alpha value is -2.64. The SMILES string of the molecule is Cc1c(N2C(N)=NC(N)=NC23CCCCC3)cc2c(c1[N+](=O)[O-])C(C)(C)CC2(C)C. The normalized spacial score (nSPS) is 23.7. The largest absolute Gasteiger partial charge is 0.369 e. The molecule has 0 aromatic heterocycles. The van der Waals surface area contributed by atoms with E-state index in [1.54, 1.807) is 0 Å². The topological polar surface area (TPSA) is 123 Å². The molecule has 1 fully saturated rings. The first kappa shape index (κ1) is 20.6. The highest BCUT2D eigenvalue weighted by Crippen LogP contribution is 2.56. The molecule has 1 saturated carbocycles. The fourth-order valence-corrected chi connectivity index (χ4v) is 6.19. The lowest BCUT2D eigenvalue weighted by Crippen LogP contribution is -2.58. The molecule has 0 bridgehead atoms. The molecule has 0 unspecified atom stereocenters. The first-order valence-electron chi connectivity index (χ1n) is 10.7. The summed E-state index contributed by atoms with van der Waals surface area (Å²) >= 11 is 0. The summed E-state index contributed by atoms with van der Waals surface area (Å²) in [6.07, 6.45) is 5.58. The highest BCUT2D eigenvalue weighted by molar-refractivity contribution is 6.06. The standard InChI is InChI=1S/C22H32N6O2/c1-13-15(27-19(24)25-18(23)26-22(27)9-7-6-8-10-22)11-14-16(17(13)28(29)30)21(4,5)12-20(14,2)3/h11H,6-10,12H2,1-5H3,(H4,23,24,25,26). The van der Waals surface area contributed by atoms with E-state index in [2.05, 4.69) is 38.8 Å². The lowest BCUT2D eigenvalue weighted by Gasteiger charge is -2.46. The van der Waals surface area contributed by atoms with Gasteiger partial charge < -0.3 is 11.5 Å². The Morgan fingerprint density at radius 2 is 1.73 bits per heavy atom. The Kier molecular flexibility index (Phi) is 4.42. The van der Waals surface area contributed by atoms with Crippen LogP contribution in [0.1, 0.15) is 82.9 Å². The Morgan fingerprint density at radius 1 is 1.10 bits per heavy atom. The quantitative estimate of drug-likeness (QED) is 0.562. The van der Waals surface area contributed by atoms with E-state index in [1.165, 1.54) is 0 Å². The molecule has 4 rings (SSSR count). The molecule has 0 atom stereocenters. The molecule has 1 aromatic carbocycles. The van der Waals surface area contributed by atoms with Gasteiger partial charge in [0.05, 0.1) is 16.2 Å². The van der Waals surface area contributed by atoms with E-state index in [-0.39, 0.29) is 33.4 Å². The first-order valence-corrected chi connectivity index (χ1v) is 10.7. The molecule has 1 aromatic rings. The number of hydrogen-bond donors (Lipinski definition) is 2. The number of nitro groups is 1. The second-order valence-electron chi connectivity index (χ2n) is 10.3. The molecule has 4 N–H and O–H groups in total. The van der Waals surface area contributed by atoms with E-state index in [0.717, 1.165) is 55.3 Å². The van der Waals surface area contributed by atoms with Crippen molar-refractivity contribution in [1.82, 2.24) is 0 Å². The number of benzene rings is 1. The van der Waals surface area contributed by atoms with Crippen molar-refractivity contribution in [2.75, 3.05) is 4.90 Å². The van der Waals surface area contributed by atoms with Crippen molar-refractivity contribution in [3.63, 3.8) is 0 Å². The second kappa shape index (κ2) is 6.43. The highest BCUT2D eigenvalue weighted by Gasteiger charge is 2.50. The molecular formula is C22H32N6O2. The molecule has 162 valence electrons. The van der Waals surface area contributed by atoms with Crippen LogP contribution in [0.15, 0.2) is 16.1 Å². The van der Waals surface area contributed by atoms with Crippen LogP contribution in [0.2, 0.25) is 0 Å². The van der Waals surface area contributed by atoms with E-state index in [0.29, 0.717) is 5.56 Å². The smallest absolute Gasteiger partial charge is 0.278 e. The fraction of sp³-hybridized carbons (Fsp3) is 0.636. The summed E-state index contributed by atoms with van der Waals surface area (Å²) in [5.74, 6) is 0.442. The molecular weight excluding hydrogens is 380 g/mol. The van der Waals surface area contributed by atoms with Gasteiger partial charge in [-0.25, -0.2) is 4.99 Å². The zero-order valence-electron chi connectivity index (χ0n) is 18.6. The lowest BCUT2D eigenvalue weighted by molar-refractivity contribution is -0.386. The maximum absolute atomic E-state index is 12.3. The number of rotatable bonds is 2. The minimum Gasteiger partial charge on any atom is -0.369 e. The van der Waals surface area contributed by atoms with Crippen molar-refractivity contribution in [1.29, 1.82) is 0 Å². The van der Waals surface area contributed by atoms with Crippen molar-refractivity contribution >= 4 is 23.3 Å². The average Bonchev–Trinajstić information content (AvgIpc) is 2.79. The number of aliphatic imine (C=N–C) groups is 2. The average molecular weight is 413 g/mol. The maximum atomic E-state index is 12.3. The summed E-state index contributed by atoms with van der Waals surface area (Å²) in [5, 5.41) is 12.3. The molecule has 30 heavy (non-hydrogen) atoms. The molecule has 8 heteroatoms. The highest BCUT2D eigenvalue weighted by atomic mass is 16.6. The van der Waals surface area contributed by atoms with Gasteiger partial charge in [0, 0.05) is 5.56 Å². The predicted octanol–water partition coefficient (Wildman–Crippen LogP) is 3.97. The van der Waals surface area contributed by atoms with Crippen LogP contribution >= 0.6 is 0 Å². The molecule has 3 aliphatic rings. The first-order chi connectivity index (χ1) is 13.9.